The van der Waals surface area contributed by atoms with E-state index in [1.807, 2.05) is 13.0 Å². The summed E-state index contributed by atoms with van der Waals surface area (Å²) in [6, 6.07) is 11.8. The van der Waals surface area contributed by atoms with E-state index >= 15 is 0 Å². The molecule has 6 heteroatoms. The summed E-state index contributed by atoms with van der Waals surface area (Å²) in [5.41, 5.74) is 2.58. The minimum atomic E-state index is -0.527. The van der Waals surface area contributed by atoms with Gasteiger partial charge in [-0.2, -0.15) is 0 Å². The Morgan fingerprint density at radius 3 is 2.59 bits per heavy atom. The zero-order valence-corrected chi connectivity index (χ0v) is 16.6. The van der Waals surface area contributed by atoms with E-state index in [0.717, 1.165) is 16.5 Å². The predicted octanol–water partition coefficient (Wildman–Crippen LogP) is 4.12. The molecule has 0 radical (unpaired) electrons. The first kappa shape index (κ1) is 20.3. The van der Waals surface area contributed by atoms with Gasteiger partial charge < -0.3 is 13.9 Å². The fourth-order valence-electron chi connectivity index (χ4n) is 3.08. The normalized spacial score (nSPS) is 10.7. The van der Waals surface area contributed by atoms with Crippen molar-refractivity contribution in [3.8, 4) is 5.75 Å². The molecule has 6 nitrogen and oxygen atoms in total. The molecule has 1 aromatic heterocycles. The summed E-state index contributed by atoms with van der Waals surface area (Å²) >= 11 is 0. The molecule has 3 aromatic rings. The fraction of sp³-hybridized carbons (Fsp3) is 0.261. The van der Waals surface area contributed by atoms with Gasteiger partial charge in [-0.25, -0.2) is 9.59 Å². The molecule has 2 aromatic carbocycles. The molecule has 0 aliphatic carbocycles. The summed E-state index contributed by atoms with van der Waals surface area (Å²) in [5.74, 6) is -0.609. The summed E-state index contributed by atoms with van der Waals surface area (Å²) in [5, 5.41) is 0.721. The van der Waals surface area contributed by atoms with E-state index in [4.69, 9.17) is 13.9 Å². The van der Waals surface area contributed by atoms with Crippen LogP contribution in [0.1, 0.15) is 40.4 Å². The van der Waals surface area contributed by atoms with Crippen molar-refractivity contribution < 1.29 is 23.5 Å². The molecule has 0 unspecified atom stereocenters. The van der Waals surface area contributed by atoms with Crippen LogP contribution in [0.3, 0.4) is 0 Å². The summed E-state index contributed by atoms with van der Waals surface area (Å²) in [4.78, 5) is 36.2. The van der Waals surface area contributed by atoms with Gasteiger partial charge >= 0.3 is 17.6 Å². The molecule has 0 saturated carbocycles. The number of carbonyl (C=O) groups excluding carboxylic acids is 2. The second-order valence-corrected chi connectivity index (χ2v) is 6.77. The Morgan fingerprint density at radius 2 is 1.86 bits per heavy atom. The predicted molar refractivity (Wildman–Crippen MR) is 108 cm³/mol. The van der Waals surface area contributed by atoms with Crippen molar-refractivity contribution >= 4 is 22.9 Å². The van der Waals surface area contributed by atoms with Crippen LogP contribution in [-0.4, -0.2) is 18.5 Å². The summed E-state index contributed by atoms with van der Waals surface area (Å²) < 4.78 is 15.9. The van der Waals surface area contributed by atoms with Crippen molar-refractivity contribution in [2.45, 2.75) is 33.6 Å². The molecular formula is C23H22O6. The first-order valence-corrected chi connectivity index (χ1v) is 9.39. The van der Waals surface area contributed by atoms with E-state index < -0.39 is 11.6 Å². The Morgan fingerprint density at radius 1 is 1.07 bits per heavy atom. The molecule has 150 valence electrons. The van der Waals surface area contributed by atoms with Gasteiger partial charge in [-0.15, -0.1) is 0 Å². The average Bonchev–Trinajstić information content (AvgIpc) is 2.66. The SMILES string of the molecule is CCOC(=O)CCc1cc2c(C)cc(=O)oc2cc1OC(=O)c1cccc(C)c1. The van der Waals surface area contributed by atoms with Crippen molar-refractivity contribution in [2.75, 3.05) is 6.61 Å². The molecule has 0 amide bonds. The topological polar surface area (TPSA) is 82.8 Å². The van der Waals surface area contributed by atoms with Crippen LogP contribution in [0.4, 0.5) is 0 Å². The van der Waals surface area contributed by atoms with Crippen LogP contribution in [0, 0.1) is 13.8 Å². The van der Waals surface area contributed by atoms with Gasteiger partial charge in [0.15, 0.2) is 0 Å². The standard InChI is InChI=1S/C23H22O6/c1-4-27-21(24)9-8-16-12-18-15(3)11-22(25)28-20(18)13-19(16)29-23(26)17-7-5-6-14(2)10-17/h5-7,10-13H,4,8-9H2,1-3H3. The molecule has 0 fully saturated rings. The lowest BCUT2D eigenvalue weighted by Gasteiger charge is -2.12. The monoisotopic (exact) mass is 394 g/mol. The Hall–Kier alpha value is -3.41. The number of aryl methyl sites for hydroxylation is 3. The molecule has 0 bridgehead atoms. The van der Waals surface area contributed by atoms with E-state index in [1.54, 1.807) is 38.1 Å². The van der Waals surface area contributed by atoms with Crippen LogP contribution in [0.25, 0.3) is 11.0 Å². The average molecular weight is 394 g/mol. The largest absolute Gasteiger partial charge is 0.466 e. The van der Waals surface area contributed by atoms with Crippen LogP contribution >= 0.6 is 0 Å². The van der Waals surface area contributed by atoms with Gasteiger partial charge in [-0.1, -0.05) is 17.7 Å². The Kier molecular flexibility index (Phi) is 6.12. The smallest absolute Gasteiger partial charge is 0.343 e. The van der Waals surface area contributed by atoms with Gasteiger partial charge in [-0.3, -0.25) is 4.79 Å². The Labute approximate surface area is 168 Å². The molecule has 29 heavy (non-hydrogen) atoms. The van der Waals surface area contributed by atoms with Crippen molar-refractivity contribution in [3.05, 3.63) is 75.1 Å². The molecule has 0 spiro atoms. The molecule has 0 saturated heterocycles. The van der Waals surface area contributed by atoms with Crippen LogP contribution in [-0.2, 0) is 16.0 Å². The highest BCUT2D eigenvalue weighted by Crippen LogP contribution is 2.29. The highest BCUT2D eigenvalue weighted by atomic mass is 16.5. The second-order valence-electron chi connectivity index (χ2n) is 6.77. The highest BCUT2D eigenvalue weighted by molar-refractivity contribution is 5.92. The van der Waals surface area contributed by atoms with Crippen LogP contribution in [0.15, 0.2) is 51.7 Å². The minimum Gasteiger partial charge on any atom is -0.466 e. The number of hydrogen-bond donors (Lipinski definition) is 0. The first-order valence-electron chi connectivity index (χ1n) is 9.39. The van der Waals surface area contributed by atoms with Crippen molar-refractivity contribution in [3.63, 3.8) is 0 Å². The third kappa shape index (κ3) is 4.90. The van der Waals surface area contributed by atoms with Gasteiger partial charge in [0.25, 0.3) is 0 Å². The summed E-state index contributed by atoms with van der Waals surface area (Å²) in [6.07, 6.45) is 0.466. The number of esters is 2. The Balaban J connectivity index is 1.99. The fourth-order valence-corrected chi connectivity index (χ4v) is 3.08. The second kappa shape index (κ2) is 8.73. The Bertz CT molecular complexity index is 1130. The number of carbonyl (C=O) groups is 2. The lowest BCUT2D eigenvalue weighted by Crippen LogP contribution is -2.11. The highest BCUT2D eigenvalue weighted by Gasteiger charge is 2.16. The van der Waals surface area contributed by atoms with Crippen LogP contribution in [0.5, 0.6) is 5.75 Å². The third-order valence-corrected chi connectivity index (χ3v) is 4.49. The molecular weight excluding hydrogens is 372 g/mol. The van der Waals surface area contributed by atoms with E-state index in [9.17, 15) is 14.4 Å². The van der Waals surface area contributed by atoms with Crippen LogP contribution in [0.2, 0.25) is 0 Å². The molecule has 0 aliphatic rings. The molecule has 0 aliphatic heterocycles. The zero-order valence-electron chi connectivity index (χ0n) is 16.6. The maximum absolute atomic E-state index is 12.6. The van der Waals surface area contributed by atoms with E-state index in [-0.39, 0.29) is 18.1 Å². The number of benzene rings is 2. The number of hydrogen-bond acceptors (Lipinski definition) is 6. The third-order valence-electron chi connectivity index (χ3n) is 4.49. The summed E-state index contributed by atoms with van der Waals surface area (Å²) in [7, 11) is 0. The van der Waals surface area contributed by atoms with Gasteiger partial charge in [0, 0.05) is 23.9 Å². The number of rotatable bonds is 6. The molecule has 1 heterocycles. The van der Waals surface area contributed by atoms with E-state index in [1.165, 1.54) is 12.1 Å². The quantitative estimate of drug-likeness (QED) is 0.355. The van der Waals surface area contributed by atoms with Crippen LogP contribution < -0.4 is 10.4 Å². The lowest BCUT2D eigenvalue weighted by molar-refractivity contribution is -0.143. The number of fused-ring (bicyclic) bond motifs is 1. The molecule has 0 atom stereocenters. The number of ether oxygens (including phenoxy) is 2. The summed E-state index contributed by atoms with van der Waals surface area (Å²) in [6.45, 7) is 5.73. The first-order chi connectivity index (χ1) is 13.9. The molecule has 3 rings (SSSR count). The van der Waals surface area contributed by atoms with Gasteiger partial charge in [0.05, 0.1) is 12.2 Å². The van der Waals surface area contributed by atoms with Gasteiger partial charge in [0.1, 0.15) is 11.3 Å². The lowest BCUT2D eigenvalue weighted by atomic mass is 10.0. The van der Waals surface area contributed by atoms with Crippen molar-refractivity contribution in [1.82, 2.24) is 0 Å². The van der Waals surface area contributed by atoms with E-state index in [2.05, 4.69) is 0 Å². The van der Waals surface area contributed by atoms with E-state index in [0.29, 0.717) is 29.7 Å². The van der Waals surface area contributed by atoms with Gasteiger partial charge in [-0.05, 0) is 56.5 Å². The zero-order chi connectivity index (χ0) is 21.0. The van der Waals surface area contributed by atoms with Gasteiger partial charge in [0.2, 0.25) is 0 Å². The van der Waals surface area contributed by atoms with Crippen molar-refractivity contribution in [1.29, 1.82) is 0 Å². The maximum atomic E-state index is 12.6. The minimum absolute atomic E-state index is 0.143. The molecule has 0 N–H and O–H groups in total. The maximum Gasteiger partial charge on any atom is 0.343 e. The van der Waals surface area contributed by atoms with Crippen molar-refractivity contribution in [2.24, 2.45) is 0 Å².